The van der Waals surface area contributed by atoms with Gasteiger partial charge in [-0.05, 0) is 6.92 Å². The maximum Gasteiger partial charge on any atom is 0.328 e. The number of aliphatic hydroxyl groups is 1. The molecule has 1 amide bonds. The van der Waals surface area contributed by atoms with Gasteiger partial charge in [0, 0.05) is 17.3 Å². The standard InChI is InChI=1S/C10H11N3O4S/c1-5-4-18-10-12-6(2-13(5)10)8(15)11-7(3-14)9(16)17/h2,4,7,14H,3H2,1H3,(H,11,15)(H,16,17). The zero-order chi connectivity index (χ0) is 13.3. The minimum absolute atomic E-state index is 0.129. The Bertz CT molecular complexity index is 603. The minimum atomic E-state index is -1.32. The number of rotatable bonds is 4. The number of aliphatic carboxylic acids is 1. The van der Waals surface area contributed by atoms with E-state index < -0.39 is 24.5 Å². The van der Waals surface area contributed by atoms with Crippen LogP contribution >= 0.6 is 11.3 Å². The van der Waals surface area contributed by atoms with E-state index in [2.05, 4.69) is 10.3 Å². The van der Waals surface area contributed by atoms with E-state index in [0.29, 0.717) is 4.96 Å². The van der Waals surface area contributed by atoms with Crippen molar-refractivity contribution in [1.82, 2.24) is 14.7 Å². The number of nitrogens with one attached hydrogen (secondary N) is 1. The summed E-state index contributed by atoms with van der Waals surface area (Å²) in [5.41, 5.74) is 1.07. The molecule has 0 fully saturated rings. The monoisotopic (exact) mass is 269 g/mol. The van der Waals surface area contributed by atoms with Gasteiger partial charge in [-0.25, -0.2) is 9.78 Å². The number of hydrogen-bond acceptors (Lipinski definition) is 5. The van der Waals surface area contributed by atoms with E-state index in [9.17, 15) is 9.59 Å². The van der Waals surface area contributed by atoms with Gasteiger partial charge in [0.15, 0.2) is 11.0 Å². The molecule has 2 rings (SSSR count). The number of aromatic nitrogens is 2. The molecule has 18 heavy (non-hydrogen) atoms. The molecule has 2 aromatic heterocycles. The van der Waals surface area contributed by atoms with Crippen molar-refractivity contribution >= 4 is 28.2 Å². The Hall–Kier alpha value is -1.93. The van der Waals surface area contributed by atoms with Crippen LogP contribution in [0.15, 0.2) is 11.6 Å². The van der Waals surface area contributed by atoms with Crippen molar-refractivity contribution in [2.45, 2.75) is 13.0 Å². The maximum atomic E-state index is 11.7. The number of carboxylic acids is 1. The summed E-state index contributed by atoms with van der Waals surface area (Å²) in [6.07, 6.45) is 1.53. The smallest absolute Gasteiger partial charge is 0.328 e. The predicted octanol–water partition coefficient (Wildman–Crippen LogP) is -0.120. The van der Waals surface area contributed by atoms with Crippen LogP contribution in [-0.2, 0) is 4.79 Å². The number of nitrogens with zero attached hydrogens (tertiary/aromatic N) is 2. The van der Waals surface area contributed by atoms with E-state index in [1.807, 2.05) is 12.3 Å². The lowest BCUT2D eigenvalue weighted by molar-refractivity contribution is -0.140. The van der Waals surface area contributed by atoms with Gasteiger partial charge < -0.3 is 15.5 Å². The summed E-state index contributed by atoms with van der Waals surface area (Å²) in [6, 6.07) is -1.32. The molecule has 0 saturated carbocycles. The summed E-state index contributed by atoms with van der Waals surface area (Å²) < 4.78 is 1.74. The number of fused-ring (bicyclic) bond motifs is 1. The maximum absolute atomic E-state index is 11.7. The number of hydrogen-bond donors (Lipinski definition) is 3. The average molecular weight is 269 g/mol. The van der Waals surface area contributed by atoms with Gasteiger partial charge in [-0.15, -0.1) is 11.3 Å². The molecule has 96 valence electrons. The van der Waals surface area contributed by atoms with Crippen LogP contribution in [0.5, 0.6) is 0 Å². The second-order valence-corrected chi connectivity index (χ2v) is 4.54. The lowest BCUT2D eigenvalue weighted by Crippen LogP contribution is -2.43. The largest absolute Gasteiger partial charge is 0.480 e. The third-order valence-corrected chi connectivity index (χ3v) is 3.36. The zero-order valence-electron chi connectivity index (χ0n) is 9.45. The fraction of sp³-hybridized carbons (Fsp3) is 0.300. The van der Waals surface area contributed by atoms with E-state index in [-0.39, 0.29) is 5.69 Å². The molecule has 7 nitrogen and oxygen atoms in total. The Morgan fingerprint density at radius 1 is 1.61 bits per heavy atom. The minimum Gasteiger partial charge on any atom is -0.480 e. The van der Waals surface area contributed by atoms with Gasteiger partial charge in [-0.1, -0.05) is 0 Å². The van der Waals surface area contributed by atoms with Crippen molar-refractivity contribution in [3.8, 4) is 0 Å². The Morgan fingerprint density at radius 3 is 2.89 bits per heavy atom. The van der Waals surface area contributed by atoms with Crippen LogP contribution < -0.4 is 5.32 Å². The Balaban J connectivity index is 2.20. The van der Waals surface area contributed by atoms with Gasteiger partial charge in [0.25, 0.3) is 5.91 Å². The Morgan fingerprint density at radius 2 is 2.33 bits per heavy atom. The Kier molecular flexibility index (Phi) is 3.30. The summed E-state index contributed by atoms with van der Waals surface area (Å²) in [4.78, 5) is 27.2. The molecular weight excluding hydrogens is 258 g/mol. The van der Waals surface area contributed by atoms with Crippen molar-refractivity contribution in [1.29, 1.82) is 0 Å². The summed E-state index contributed by atoms with van der Waals surface area (Å²) >= 11 is 1.39. The predicted molar refractivity (Wildman–Crippen MR) is 63.8 cm³/mol. The molecule has 8 heteroatoms. The van der Waals surface area contributed by atoms with E-state index in [1.54, 1.807) is 4.40 Å². The third-order valence-electron chi connectivity index (χ3n) is 2.41. The first kappa shape index (κ1) is 12.5. The molecule has 0 aliphatic heterocycles. The van der Waals surface area contributed by atoms with Crippen LogP contribution in [0.2, 0.25) is 0 Å². The van der Waals surface area contributed by atoms with Crippen LogP contribution in [0.25, 0.3) is 4.96 Å². The van der Waals surface area contributed by atoms with E-state index in [4.69, 9.17) is 10.2 Å². The van der Waals surface area contributed by atoms with Crippen LogP contribution in [0, 0.1) is 6.92 Å². The first-order valence-electron chi connectivity index (χ1n) is 5.10. The van der Waals surface area contributed by atoms with Gasteiger partial charge in [0.1, 0.15) is 5.69 Å². The van der Waals surface area contributed by atoms with E-state index in [0.717, 1.165) is 5.69 Å². The average Bonchev–Trinajstić information content (AvgIpc) is 2.88. The highest BCUT2D eigenvalue weighted by Crippen LogP contribution is 2.15. The van der Waals surface area contributed by atoms with Crippen LogP contribution in [0.3, 0.4) is 0 Å². The van der Waals surface area contributed by atoms with Crippen LogP contribution in [-0.4, -0.2) is 44.1 Å². The molecule has 0 aromatic carbocycles. The van der Waals surface area contributed by atoms with Gasteiger partial charge >= 0.3 is 5.97 Å². The van der Waals surface area contributed by atoms with Gasteiger partial charge in [-0.2, -0.15) is 0 Å². The first-order valence-corrected chi connectivity index (χ1v) is 5.98. The molecule has 1 unspecified atom stereocenters. The van der Waals surface area contributed by atoms with Gasteiger partial charge in [0.2, 0.25) is 0 Å². The summed E-state index contributed by atoms with van der Waals surface area (Å²) in [5.74, 6) is -1.91. The zero-order valence-corrected chi connectivity index (χ0v) is 10.3. The summed E-state index contributed by atoms with van der Waals surface area (Å²) in [7, 11) is 0. The van der Waals surface area contributed by atoms with Crippen LogP contribution in [0.4, 0.5) is 0 Å². The lowest BCUT2D eigenvalue weighted by Gasteiger charge is -2.09. The second kappa shape index (κ2) is 4.75. The molecule has 3 N–H and O–H groups in total. The SMILES string of the molecule is Cc1csc2nc(C(=O)NC(CO)C(=O)O)cn12. The van der Waals surface area contributed by atoms with Gasteiger partial charge in [0.05, 0.1) is 6.61 Å². The van der Waals surface area contributed by atoms with Crippen molar-refractivity contribution < 1.29 is 19.8 Å². The lowest BCUT2D eigenvalue weighted by atomic mass is 10.3. The highest BCUT2D eigenvalue weighted by atomic mass is 32.1. The van der Waals surface area contributed by atoms with E-state index in [1.165, 1.54) is 17.5 Å². The fourth-order valence-corrected chi connectivity index (χ4v) is 2.27. The van der Waals surface area contributed by atoms with Gasteiger partial charge in [-0.3, -0.25) is 9.20 Å². The van der Waals surface area contributed by atoms with E-state index >= 15 is 0 Å². The molecule has 0 aliphatic carbocycles. The number of carbonyl (C=O) groups excluding carboxylic acids is 1. The number of aliphatic hydroxyl groups excluding tert-OH is 1. The van der Waals surface area contributed by atoms with Crippen molar-refractivity contribution in [2.75, 3.05) is 6.61 Å². The number of amides is 1. The van der Waals surface area contributed by atoms with Crippen molar-refractivity contribution in [3.63, 3.8) is 0 Å². The summed E-state index contributed by atoms with van der Waals surface area (Å²) in [6.45, 7) is 1.21. The van der Waals surface area contributed by atoms with Crippen molar-refractivity contribution in [3.05, 3.63) is 23.0 Å². The normalized spacial score (nSPS) is 12.6. The highest BCUT2D eigenvalue weighted by molar-refractivity contribution is 7.15. The first-order chi connectivity index (χ1) is 8.52. The van der Waals surface area contributed by atoms with Crippen molar-refractivity contribution in [2.24, 2.45) is 0 Å². The second-order valence-electron chi connectivity index (χ2n) is 3.70. The highest BCUT2D eigenvalue weighted by Gasteiger charge is 2.21. The number of imidazole rings is 1. The number of carboxylic acid groups (broad SMARTS) is 1. The summed E-state index contributed by atoms with van der Waals surface area (Å²) in [5, 5.41) is 21.6. The molecule has 0 spiro atoms. The van der Waals surface area contributed by atoms with Crippen LogP contribution in [0.1, 0.15) is 16.2 Å². The Labute approximate surface area is 106 Å². The molecule has 1 atom stereocenters. The molecule has 0 aliphatic rings. The molecule has 2 heterocycles. The number of aryl methyl sites for hydroxylation is 1. The molecule has 0 bridgehead atoms. The number of carbonyl (C=O) groups is 2. The topological polar surface area (TPSA) is 104 Å². The fourth-order valence-electron chi connectivity index (χ4n) is 1.42. The molecule has 2 aromatic rings. The molecular formula is C10H11N3O4S. The quantitative estimate of drug-likeness (QED) is 0.718. The molecule has 0 radical (unpaired) electrons. The molecule has 0 saturated heterocycles. The third kappa shape index (κ3) is 2.20. The number of thiazole rings is 1.